The normalized spacial score (nSPS) is 11.7. The van der Waals surface area contributed by atoms with Gasteiger partial charge in [0.05, 0.1) is 29.8 Å². The fourth-order valence-electron chi connectivity index (χ4n) is 3.37. The summed E-state index contributed by atoms with van der Waals surface area (Å²) < 4.78 is 56.4. The number of alkyl halides is 3. The van der Waals surface area contributed by atoms with Gasteiger partial charge in [0.15, 0.2) is 5.69 Å². The molecule has 10 heteroatoms. The highest BCUT2D eigenvalue weighted by atomic mass is 32.1. The first kappa shape index (κ1) is 21.8. The molecule has 0 amide bonds. The molecule has 0 N–H and O–H groups in total. The topological polar surface area (TPSA) is 66.2 Å². The van der Waals surface area contributed by atoms with Crippen LogP contribution < -0.4 is 15.0 Å². The zero-order chi connectivity index (χ0) is 23.0. The van der Waals surface area contributed by atoms with Crippen molar-refractivity contribution in [3.8, 4) is 28.7 Å². The van der Waals surface area contributed by atoms with Crippen molar-refractivity contribution < 1.29 is 22.6 Å². The third-order valence-corrected chi connectivity index (χ3v) is 5.66. The van der Waals surface area contributed by atoms with E-state index in [2.05, 4.69) is 9.36 Å². The molecule has 2 aromatic heterocycles. The van der Waals surface area contributed by atoms with Crippen molar-refractivity contribution in [1.29, 1.82) is 0 Å². The number of ether oxygens (including phenoxy) is 2. The monoisotopic (exact) mass is 461 g/mol. The number of rotatable bonds is 5. The summed E-state index contributed by atoms with van der Waals surface area (Å²) >= 11 is 1.29. The molecule has 0 radical (unpaired) electrons. The van der Waals surface area contributed by atoms with E-state index in [9.17, 15) is 18.0 Å². The van der Waals surface area contributed by atoms with Crippen LogP contribution in [0.3, 0.4) is 0 Å². The van der Waals surface area contributed by atoms with Gasteiger partial charge in [0, 0.05) is 17.0 Å². The Hall–Kier alpha value is -3.40. The molecule has 0 atom stereocenters. The highest BCUT2D eigenvalue weighted by Gasteiger charge is 2.34. The fourth-order valence-corrected chi connectivity index (χ4v) is 4.15. The van der Waals surface area contributed by atoms with Gasteiger partial charge in [-0.25, -0.2) is 4.57 Å². The molecule has 0 fully saturated rings. The van der Waals surface area contributed by atoms with Crippen molar-refractivity contribution in [2.75, 3.05) is 13.7 Å². The van der Waals surface area contributed by atoms with Crippen LogP contribution in [0.15, 0.2) is 47.3 Å². The van der Waals surface area contributed by atoms with E-state index in [1.807, 2.05) is 25.1 Å². The molecule has 0 aliphatic heterocycles. The number of fused-ring (bicyclic) bond motifs is 1. The van der Waals surface area contributed by atoms with E-state index in [0.29, 0.717) is 17.4 Å². The Bertz CT molecular complexity index is 1360. The molecule has 166 valence electrons. The smallest absolute Gasteiger partial charge is 0.433 e. The third kappa shape index (κ3) is 3.93. The number of aromatic nitrogens is 3. The van der Waals surface area contributed by atoms with Crippen LogP contribution in [0.4, 0.5) is 13.2 Å². The zero-order valence-electron chi connectivity index (χ0n) is 17.4. The molecule has 2 aromatic carbocycles. The molecule has 0 saturated carbocycles. The van der Waals surface area contributed by atoms with Gasteiger partial charge < -0.3 is 9.47 Å². The van der Waals surface area contributed by atoms with Crippen molar-refractivity contribution in [3.05, 3.63) is 64.1 Å². The molecule has 0 unspecified atom stereocenters. The van der Waals surface area contributed by atoms with Gasteiger partial charge >= 0.3 is 12.2 Å². The van der Waals surface area contributed by atoms with E-state index in [1.54, 1.807) is 32.2 Å². The third-order valence-electron chi connectivity index (χ3n) is 4.83. The van der Waals surface area contributed by atoms with E-state index in [0.717, 1.165) is 31.5 Å². The van der Waals surface area contributed by atoms with Crippen LogP contribution in [-0.2, 0) is 6.18 Å². The van der Waals surface area contributed by atoms with Crippen LogP contribution >= 0.6 is 11.5 Å². The van der Waals surface area contributed by atoms with Gasteiger partial charge in [-0.1, -0.05) is 0 Å². The molecule has 4 aromatic rings. The van der Waals surface area contributed by atoms with Crippen LogP contribution in [0.25, 0.3) is 27.0 Å². The molecular formula is C22H18F3N3O3S. The lowest BCUT2D eigenvalue weighted by molar-refractivity contribution is -0.141. The van der Waals surface area contributed by atoms with Gasteiger partial charge in [0.1, 0.15) is 5.75 Å². The molecule has 0 aliphatic carbocycles. The van der Waals surface area contributed by atoms with Crippen molar-refractivity contribution >= 4 is 21.6 Å². The van der Waals surface area contributed by atoms with Crippen molar-refractivity contribution in [3.63, 3.8) is 0 Å². The summed E-state index contributed by atoms with van der Waals surface area (Å²) in [5.41, 5.74) is 0.635. The van der Waals surface area contributed by atoms with Gasteiger partial charge in [-0.05, 0) is 67.3 Å². The average molecular weight is 461 g/mol. The van der Waals surface area contributed by atoms with Crippen LogP contribution in [-0.4, -0.2) is 27.6 Å². The van der Waals surface area contributed by atoms with Crippen LogP contribution in [0.2, 0.25) is 0 Å². The van der Waals surface area contributed by atoms with Crippen LogP contribution in [0, 0.1) is 6.92 Å². The lowest BCUT2D eigenvalue weighted by Gasteiger charge is -2.14. The molecule has 0 spiro atoms. The summed E-state index contributed by atoms with van der Waals surface area (Å²) in [7, 11) is 1.60. The number of hydrogen-bond donors (Lipinski definition) is 0. The van der Waals surface area contributed by atoms with E-state index in [1.165, 1.54) is 11.5 Å². The quantitative estimate of drug-likeness (QED) is 0.407. The lowest BCUT2D eigenvalue weighted by atomic mass is 10.0. The highest BCUT2D eigenvalue weighted by molar-refractivity contribution is 7.13. The number of halogens is 3. The van der Waals surface area contributed by atoms with Crippen LogP contribution in [0.1, 0.15) is 18.2 Å². The first-order valence-electron chi connectivity index (χ1n) is 9.62. The van der Waals surface area contributed by atoms with Crippen molar-refractivity contribution in [2.24, 2.45) is 0 Å². The summed E-state index contributed by atoms with van der Waals surface area (Å²) in [5.74, 6) is 0.748. The Morgan fingerprint density at radius 2 is 1.91 bits per heavy atom. The number of methoxy groups -OCH3 is 1. The number of hydrogen-bond acceptors (Lipinski definition) is 6. The second-order valence-corrected chi connectivity index (χ2v) is 7.73. The van der Waals surface area contributed by atoms with E-state index in [4.69, 9.17) is 9.47 Å². The Labute approximate surface area is 185 Å². The number of nitrogens with zero attached hydrogens (tertiary/aromatic N) is 3. The molecular weight excluding hydrogens is 443 g/mol. The van der Waals surface area contributed by atoms with E-state index >= 15 is 0 Å². The zero-order valence-corrected chi connectivity index (χ0v) is 18.2. The predicted molar refractivity (Wildman–Crippen MR) is 116 cm³/mol. The summed E-state index contributed by atoms with van der Waals surface area (Å²) in [5, 5.41) is 0.756. The lowest BCUT2D eigenvalue weighted by Crippen LogP contribution is -2.25. The minimum absolute atomic E-state index is 0.0480. The first-order chi connectivity index (χ1) is 15.2. The Morgan fingerprint density at radius 3 is 2.56 bits per heavy atom. The second kappa shape index (κ2) is 8.27. The average Bonchev–Trinajstić information content (AvgIpc) is 3.16. The minimum Gasteiger partial charge on any atom is -0.496 e. The van der Waals surface area contributed by atoms with Gasteiger partial charge in [-0.2, -0.15) is 22.5 Å². The number of benzene rings is 2. The Kier molecular flexibility index (Phi) is 5.64. The largest absolute Gasteiger partial charge is 0.496 e. The van der Waals surface area contributed by atoms with E-state index in [-0.39, 0.29) is 6.61 Å². The van der Waals surface area contributed by atoms with Gasteiger partial charge in [0.2, 0.25) is 0 Å². The molecule has 0 aliphatic rings. The number of aryl methyl sites for hydroxylation is 1. The minimum atomic E-state index is -4.76. The van der Waals surface area contributed by atoms with Crippen molar-refractivity contribution in [1.82, 2.24) is 13.9 Å². The van der Waals surface area contributed by atoms with Gasteiger partial charge in [-0.3, -0.25) is 4.79 Å². The highest BCUT2D eigenvalue weighted by Crippen LogP contribution is 2.35. The first-order valence-corrected chi connectivity index (χ1v) is 10.4. The second-order valence-electron chi connectivity index (χ2n) is 6.92. The summed E-state index contributed by atoms with van der Waals surface area (Å²) in [4.78, 5) is 16.2. The SMILES string of the molecule is CCOc1nc(C(F)(F)F)cc(=O)n1-c1ccc2snc(-c3ccc(OC)c(C)c3)c2c1. The standard InChI is InChI=1S/C22H18F3N3O3S/c1-4-31-21-26-18(22(23,24)25)11-19(29)28(21)14-6-8-17-15(10-14)20(27-32-17)13-5-7-16(30-3)12(2)9-13/h5-11H,4H2,1-3H3. The maximum Gasteiger partial charge on any atom is 0.433 e. The maximum atomic E-state index is 13.1. The molecule has 6 nitrogen and oxygen atoms in total. The van der Waals surface area contributed by atoms with Gasteiger partial charge in [-0.15, -0.1) is 0 Å². The summed E-state index contributed by atoms with van der Waals surface area (Å²) in [6.07, 6.45) is -4.76. The summed E-state index contributed by atoms with van der Waals surface area (Å²) in [6, 6.07) is 10.8. The fraction of sp³-hybridized carbons (Fsp3) is 0.227. The maximum absolute atomic E-state index is 13.1. The van der Waals surface area contributed by atoms with E-state index < -0.39 is 23.4 Å². The Balaban J connectivity index is 1.89. The Morgan fingerprint density at radius 1 is 1.12 bits per heavy atom. The molecule has 4 rings (SSSR count). The van der Waals surface area contributed by atoms with Crippen molar-refractivity contribution in [2.45, 2.75) is 20.0 Å². The molecule has 0 saturated heterocycles. The predicted octanol–water partition coefficient (Wildman–Crippen LogP) is 5.24. The molecule has 2 heterocycles. The van der Waals surface area contributed by atoms with Gasteiger partial charge in [0.25, 0.3) is 5.56 Å². The summed E-state index contributed by atoms with van der Waals surface area (Å²) in [6.45, 7) is 3.57. The molecule has 32 heavy (non-hydrogen) atoms. The van der Waals surface area contributed by atoms with Crippen LogP contribution in [0.5, 0.6) is 11.8 Å². The molecule has 0 bridgehead atoms.